The molecule has 0 saturated heterocycles. The molecule has 110 valence electrons. The van der Waals surface area contributed by atoms with E-state index in [4.69, 9.17) is 4.84 Å². The van der Waals surface area contributed by atoms with Crippen molar-refractivity contribution in [2.45, 2.75) is 26.4 Å². The number of carbonyl (C=O) groups is 1. The highest BCUT2D eigenvalue weighted by Gasteiger charge is 2.15. The van der Waals surface area contributed by atoms with Crippen LogP contribution in [0.3, 0.4) is 0 Å². The highest BCUT2D eigenvalue weighted by atomic mass is 16.7. The van der Waals surface area contributed by atoms with E-state index in [2.05, 4.69) is 12.1 Å². The SMILES string of the molecule is CC(=O)N(CCc1ccccc1)OC(C)c1ccccc1. The molecule has 0 fully saturated rings. The number of hydrogen-bond donors (Lipinski definition) is 0. The Balaban J connectivity index is 1.95. The van der Waals surface area contributed by atoms with Gasteiger partial charge in [0.15, 0.2) is 0 Å². The molecule has 0 saturated carbocycles. The minimum absolute atomic E-state index is 0.0753. The Morgan fingerprint density at radius 1 is 1.05 bits per heavy atom. The fourth-order valence-corrected chi connectivity index (χ4v) is 2.14. The molecule has 21 heavy (non-hydrogen) atoms. The first-order chi connectivity index (χ1) is 10.2. The molecule has 1 atom stereocenters. The summed E-state index contributed by atoms with van der Waals surface area (Å²) in [4.78, 5) is 17.5. The first-order valence-corrected chi connectivity index (χ1v) is 7.20. The van der Waals surface area contributed by atoms with Crippen molar-refractivity contribution in [3.63, 3.8) is 0 Å². The minimum atomic E-state index is -0.147. The van der Waals surface area contributed by atoms with E-state index in [9.17, 15) is 4.79 Å². The molecule has 3 nitrogen and oxygen atoms in total. The van der Waals surface area contributed by atoms with Crippen molar-refractivity contribution in [2.24, 2.45) is 0 Å². The van der Waals surface area contributed by atoms with Crippen molar-refractivity contribution in [3.05, 3.63) is 71.8 Å². The van der Waals surface area contributed by atoms with Crippen molar-refractivity contribution in [3.8, 4) is 0 Å². The van der Waals surface area contributed by atoms with E-state index >= 15 is 0 Å². The Hall–Kier alpha value is -2.13. The maximum absolute atomic E-state index is 11.7. The molecule has 0 heterocycles. The molecule has 0 bridgehead atoms. The van der Waals surface area contributed by atoms with Crippen LogP contribution >= 0.6 is 0 Å². The molecule has 0 aliphatic heterocycles. The molecule has 0 aliphatic rings. The summed E-state index contributed by atoms with van der Waals surface area (Å²) in [5, 5.41) is 1.45. The zero-order valence-electron chi connectivity index (χ0n) is 12.5. The second kappa shape index (κ2) is 7.60. The van der Waals surface area contributed by atoms with Crippen LogP contribution in [0.15, 0.2) is 60.7 Å². The lowest BCUT2D eigenvalue weighted by Crippen LogP contribution is -2.32. The van der Waals surface area contributed by atoms with Gasteiger partial charge in [0.1, 0.15) is 6.10 Å². The van der Waals surface area contributed by atoms with Crippen LogP contribution in [0.4, 0.5) is 0 Å². The number of hydrogen-bond acceptors (Lipinski definition) is 2. The Labute approximate surface area is 126 Å². The molecule has 1 amide bonds. The number of rotatable bonds is 6. The molecule has 1 unspecified atom stereocenters. The van der Waals surface area contributed by atoms with Crippen molar-refractivity contribution >= 4 is 5.91 Å². The average Bonchev–Trinajstić information content (AvgIpc) is 2.52. The van der Waals surface area contributed by atoms with Crippen LogP contribution in [0.5, 0.6) is 0 Å². The second-order valence-electron chi connectivity index (χ2n) is 5.02. The zero-order valence-corrected chi connectivity index (χ0v) is 12.5. The maximum atomic E-state index is 11.7. The molecule has 0 radical (unpaired) electrons. The Kier molecular flexibility index (Phi) is 5.52. The number of amides is 1. The van der Waals surface area contributed by atoms with Crippen molar-refractivity contribution in [1.82, 2.24) is 5.06 Å². The summed E-state index contributed by atoms with van der Waals surface area (Å²) in [6.07, 6.45) is 0.632. The first kappa shape index (κ1) is 15.3. The van der Waals surface area contributed by atoms with Gasteiger partial charge in [-0.1, -0.05) is 60.7 Å². The summed E-state index contributed by atoms with van der Waals surface area (Å²) in [5.41, 5.74) is 2.25. The third-order valence-electron chi connectivity index (χ3n) is 3.35. The molecule has 2 aromatic rings. The molecular formula is C18H21NO2. The molecular weight excluding hydrogens is 262 g/mol. The van der Waals surface area contributed by atoms with Gasteiger partial charge in [0, 0.05) is 6.92 Å². The van der Waals surface area contributed by atoms with E-state index < -0.39 is 0 Å². The predicted molar refractivity (Wildman–Crippen MR) is 83.5 cm³/mol. The largest absolute Gasteiger partial charge is 0.273 e. The molecule has 0 N–H and O–H groups in total. The molecule has 0 aromatic heterocycles. The fraction of sp³-hybridized carbons (Fsp3) is 0.278. The van der Waals surface area contributed by atoms with Gasteiger partial charge in [0.2, 0.25) is 5.91 Å². The predicted octanol–water partition coefficient (Wildman–Crippen LogP) is 3.77. The van der Waals surface area contributed by atoms with Gasteiger partial charge in [-0.2, -0.15) is 0 Å². The second-order valence-corrected chi connectivity index (χ2v) is 5.02. The standard InChI is InChI=1S/C18H21NO2/c1-15(18-11-7-4-8-12-18)21-19(16(2)20)14-13-17-9-5-3-6-10-17/h3-12,15H,13-14H2,1-2H3. The summed E-state index contributed by atoms with van der Waals surface area (Å²) >= 11 is 0. The van der Waals surface area contributed by atoms with Crippen molar-refractivity contribution < 1.29 is 9.63 Å². The third-order valence-corrected chi connectivity index (χ3v) is 3.35. The first-order valence-electron chi connectivity index (χ1n) is 7.20. The van der Waals surface area contributed by atoms with Crippen molar-refractivity contribution in [1.29, 1.82) is 0 Å². The lowest BCUT2D eigenvalue weighted by molar-refractivity contribution is -0.202. The van der Waals surface area contributed by atoms with E-state index in [-0.39, 0.29) is 12.0 Å². The van der Waals surface area contributed by atoms with E-state index in [1.807, 2.05) is 55.5 Å². The zero-order chi connectivity index (χ0) is 15.1. The number of hydroxylamine groups is 2. The van der Waals surface area contributed by atoms with Gasteiger partial charge in [-0.3, -0.25) is 9.63 Å². The van der Waals surface area contributed by atoms with E-state index in [0.29, 0.717) is 6.54 Å². The molecule has 2 aromatic carbocycles. The van der Waals surface area contributed by atoms with Gasteiger partial charge in [0.05, 0.1) is 6.54 Å². The van der Waals surface area contributed by atoms with Crippen LogP contribution in [0.1, 0.15) is 31.1 Å². The third kappa shape index (κ3) is 4.72. The van der Waals surface area contributed by atoms with Gasteiger partial charge in [-0.05, 0) is 24.5 Å². The highest BCUT2D eigenvalue weighted by Crippen LogP contribution is 2.18. The normalized spacial score (nSPS) is 11.9. The number of carbonyl (C=O) groups excluding carboxylic acids is 1. The van der Waals surface area contributed by atoms with Gasteiger partial charge in [-0.25, -0.2) is 5.06 Å². The summed E-state index contributed by atoms with van der Waals surface area (Å²) in [5.74, 6) is -0.0753. The highest BCUT2D eigenvalue weighted by molar-refractivity contribution is 5.72. The Morgan fingerprint density at radius 2 is 1.62 bits per heavy atom. The van der Waals surface area contributed by atoms with Gasteiger partial charge in [0.25, 0.3) is 0 Å². The number of nitrogens with zero attached hydrogens (tertiary/aromatic N) is 1. The Bertz CT molecular complexity index is 554. The summed E-state index contributed by atoms with van der Waals surface area (Å²) in [6.45, 7) is 4.03. The van der Waals surface area contributed by atoms with Crippen LogP contribution in [-0.4, -0.2) is 17.5 Å². The van der Waals surface area contributed by atoms with E-state index in [1.54, 1.807) is 0 Å². The summed E-state index contributed by atoms with van der Waals surface area (Å²) < 4.78 is 0. The molecule has 3 heteroatoms. The van der Waals surface area contributed by atoms with Gasteiger partial charge < -0.3 is 0 Å². The molecule has 0 aliphatic carbocycles. The van der Waals surface area contributed by atoms with Gasteiger partial charge in [-0.15, -0.1) is 0 Å². The summed E-state index contributed by atoms with van der Waals surface area (Å²) in [6, 6.07) is 20.0. The maximum Gasteiger partial charge on any atom is 0.243 e. The monoisotopic (exact) mass is 283 g/mol. The van der Waals surface area contributed by atoms with Gasteiger partial charge >= 0.3 is 0 Å². The quantitative estimate of drug-likeness (QED) is 0.755. The lowest BCUT2D eigenvalue weighted by atomic mass is 10.1. The van der Waals surface area contributed by atoms with E-state index in [0.717, 1.165) is 12.0 Å². The smallest absolute Gasteiger partial charge is 0.243 e. The van der Waals surface area contributed by atoms with Crippen LogP contribution in [0.25, 0.3) is 0 Å². The topological polar surface area (TPSA) is 29.5 Å². The van der Waals surface area contributed by atoms with E-state index in [1.165, 1.54) is 17.6 Å². The van der Waals surface area contributed by atoms with Crippen molar-refractivity contribution in [2.75, 3.05) is 6.54 Å². The molecule has 2 rings (SSSR count). The minimum Gasteiger partial charge on any atom is -0.273 e. The average molecular weight is 283 g/mol. The molecule has 0 spiro atoms. The summed E-state index contributed by atoms with van der Waals surface area (Å²) in [7, 11) is 0. The fourth-order valence-electron chi connectivity index (χ4n) is 2.14. The van der Waals surface area contributed by atoms with Crippen LogP contribution in [0, 0.1) is 0 Å². The number of benzene rings is 2. The van der Waals surface area contributed by atoms with Crippen LogP contribution in [-0.2, 0) is 16.1 Å². The van der Waals surface area contributed by atoms with Crippen LogP contribution in [0.2, 0.25) is 0 Å². The van der Waals surface area contributed by atoms with Crippen LogP contribution < -0.4 is 0 Å². The Morgan fingerprint density at radius 3 is 2.19 bits per heavy atom. The lowest BCUT2D eigenvalue weighted by Gasteiger charge is -2.24.